The van der Waals surface area contributed by atoms with Crippen molar-refractivity contribution >= 4 is 17.5 Å². The molecule has 0 heterocycles. The molecule has 88 valence electrons. The molecule has 0 atom stereocenters. The molecule has 0 unspecified atom stereocenters. The molecule has 0 aliphatic heterocycles. The van der Waals surface area contributed by atoms with E-state index in [-0.39, 0.29) is 11.3 Å². The topological polar surface area (TPSA) is 29.1 Å². The van der Waals surface area contributed by atoms with Gasteiger partial charge in [0.1, 0.15) is 0 Å². The molecule has 1 fully saturated rings. The Labute approximate surface area is 97.8 Å². The fourth-order valence-electron chi connectivity index (χ4n) is 1.96. The standard InChI is InChI=1S/C12H22ClNO/c1-12(2,3)8-11(15)14-10-6-4-9(13)5-7-10/h9-10H,4-8H2,1-3H3,(H,14,15). The lowest BCUT2D eigenvalue weighted by Gasteiger charge is -2.27. The SMILES string of the molecule is CC(C)(C)CC(=O)NC1CCC(Cl)CC1. The first-order valence-electron chi connectivity index (χ1n) is 5.80. The van der Waals surface area contributed by atoms with Gasteiger partial charge < -0.3 is 5.32 Å². The zero-order valence-electron chi connectivity index (χ0n) is 9.98. The maximum atomic E-state index is 11.7. The molecule has 1 N–H and O–H groups in total. The minimum atomic E-state index is 0.0772. The number of nitrogens with one attached hydrogen (secondary N) is 1. The molecule has 0 aromatic rings. The summed E-state index contributed by atoms with van der Waals surface area (Å²) in [5.74, 6) is 0.181. The highest BCUT2D eigenvalue weighted by Crippen LogP contribution is 2.24. The van der Waals surface area contributed by atoms with Gasteiger partial charge in [0.25, 0.3) is 0 Å². The first-order valence-corrected chi connectivity index (χ1v) is 6.24. The Morgan fingerprint density at radius 1 is 1.27 bits per heavy atom. The predicted molar refractivity (Wildman–Crippen MR) is 64.1 cm³/mol. The van der Waals surface area contributed by atoms with Gasteiger partial charge in [-0.3, -0.25) is 4.79 Å². The first kappa shape index (κ1) is 12.8. The van der Waals surface area contributed by atoms with E-state index in [0.29, 0.717) is 17.8 Å². The molecule has 1 aliphatic rings. The molecule has 1 rings (SSSR count). The van der Waals surface area contributed by atoms with Gasteiger partial charge in [-0.05, 0) is 31.1 Å². The van der Waals surface area contributed by atoms with E-state index < -0.39 is 0 Å². The summed E-state index contributed by atoms with van der Waals surface area (Å²) in [4.78, 5) is 11.7. The quantitative estimate of drug-likeness (QED) is 0.728. The van der Waals surface area contributed by atoms with Crippen LogP contribution in [0.25, 0.3) is 0 Å². The largest absolute Gasteiger partial charge is 0.353 e. The molecule has 2 nitrogen and oxygen atoms in total. The van der Waals surface area contributed by atoms with Gasteiger partial charge in [0.05, 0.1) is 0 Å². The van der Waals surface area contributed by atoms with E-state index in [1.807, 2.05) is 0 Å². The Hall–Kier alpha value is -0.240. The fourth-order valence-corrected chi connectivity index (χ4v) is 2.21. The maximum Gasteiger partial charge on any atom is 0.220 e. The molecular formula is C12H22ClNO. The van der Waals surface area contributed by atoms with Crippen LogP contribution in [-0.2, 0) is 4.79 Å². The summed E-state index contributed by atoms with van der Waals surface area (Å²) < 4.78 is 0. The number of alkyl halides is 1. The van der Waals surface area contributed by atoms with E-state index in [1.54, 1.807) is 0 Å². The summed E-state index contributed by atoms with van der Waals surface area (Å²) in [5.41, 5.74) is 0.0772. The van der Waals surface area contributed by atoms with Gasteiger partial charge in [0.15, 0.2) is 0 Å². The summed E-state index contributed by atoms with van der Waals surface area (Å²) in [7, 11) is 0. The van der Waals surface area contributed by atoms with Crippen molar-refractivity contribution in [2.45, 2.75) is 64.3 Å². The maximum absolute atomic E-state index is 11.7. The van der Waals surface area contributed by atoms with Crippen LogP contribution in [0.5, 0.6) is 0 Å². The molecular weight excluding hydrogens is 210 g/mol. The van der Waals surface area contributed by atoms with Crippen LogP contribution in [0.4, 0.5) is 0 Å². The third-order valence-electron chi connectivity index (χ3n) is 2.71. The minimum absolute atomic E-state index is 0.0772. The second-order valence-corrected chi connectivity index (χ2v) is 6.37. The van der Waals surface area contributed by atoms with Crippen LogP contribution in [0, 0.1) is 5.41 Å². The van der Waals surface area contributed by atoms with Crippen molar-refractivity contribution in [3.05, 3.63) is 0 Å². The smallest absolute Gasteiger partial charge is 0.220 e. The van der Waals surface area contributed by atoms with Gasteiger partial charge in [-0.25, -0.2) is 0 Å². The molecule has 0 spiro atoms. The predicted octanol–water partition coefficient (Wildman–Crippen LogP) is 3.09. The highest BCUT2D eigenvalue weighted by Gasteiger charge is 2.22. The van der Waals surface area contributed by atoms with Crippen LogP contribution in [0.3, 0.4) is 0 Å². The van der Waals surface area contributed by atoms with Crippen molar-refractivity contribution in [3.8, 4) is 0 Å². The van der Waals surface area contributed by atoms with Crippen molar-refractivity contribution in [1.29, 1.82) is 0 Å². The van der Waals surface area contributed by atoms with Gasteiger partial charge >= 0.3 is 0 Å². The Morgan fingerprint density at radius 2 is 1.80 bits per heavy atom. The van der Waals surface area contributed by atoms with E-state index in [4.69, 9.17) is 11.6 Å². The molecule has 0 aromatic heterocycles. The number of carbonyl (C=O) groups is 1. The molecule has 15 heavy (non-hydrogen) atoms. The van der Waals surface area contributed by atoms with E-state index in [9.17, 15) is 4.79 Å². The van der Waals surface area contributed by atoms with Crippen molar-refractivity contribution in [3.63, 3.8) is 0 Å². The summed E-state index contributed by atoms with van der Waals surface area (Å²) in [5, 5.41) is 3.42. The lowest BCUT2D eigenvalue weighted by Crippen LogP contribution is -2.39. The number of hydrogen-bond acceptors (Lipinski definition) is 1. The molecule has 1 aliphatic carbocycles. The zero-order chi connectivity index (χ0) is 11.5. The molecule has 1 saturated carbocycles. The lowest BCUT2D eigenvalue weighted by atomic mass is 9.90. The Balaban J connectivity index is 2.27. The van der Waals surface area contributed by atoms with Crippen LogP contribution in [0.2, 0.25) is 0 Å². The molecule has 3 heteroatoms. The zero-order valence-corrected chi connectivity index (χ0v) is 10.7. The molecule has 0 aromatic carbocycles. The average molecular weight is 232 g/mol. The van der Waals surface area contributed by atoms with Crippen molar-refractivity contribution in [2.75, 3.05) is 0 Å². The lowest BCUT2D eigenvalue weighted by molar-refractivity contribution is -0.123. The number of halogens is 1. The average Bonchev–Trinajstić information content (AvgIpc) is 2.05. The molecule has 0 radical (unpaired) electrons. The summed E-state index contributed by atoms with van der Waals surface area (Å²) in [6.45, 7) is 6.26. The van der Waals surface area contributed by atoms with Crippen LogP contribution in [0.1, 0.15) is 52.9 Å². The highest BCUT2D eigenvalue weighted by atomic mass is 35.5. The van der Waals surface area contributed by atoms with Crippen molar-refractivity contribution < 1.29 is 4.79 Å². The van der Waals surface area contributed by atoms with Gasteiger partial charge in [0.2, 0.25) is 5.91 Å². The Kier molecular flexibility index (Phi) is 4.45. The fraction of sp³-hybridized carbons (Fsp3) is 0.917. The second-order valence-electron chi connectivity index (χ2n) is 5.75. The normalized spacial score (nSPS) is 27.5. The summed E-state index contributed by atoms with van der Waals surface area (Å²) >= 11 is 6.01. The van der Waals surface area contributed by atoms with Crippen LogP contribution < -0.4 is 5.32 Å². The third kappa shape index (κ3) is 5.41. The van der Waals surface area contributed by atoms with Gasteiger partial charge in [0, 0.05) is 17.8 Å². The molecule has 0 bridgehead atoms. The highest BCUT2D eigenvalue weighted by molar-refractivity contribution is 6.20. The minimum Gasteiger partial charge on any atom is -0.353 e. The second kappa shape index (κ2) is 5.20. The molecule has 0 saturated heterocycles. The molecule has 1 amide bonds. The number of amides is 1. The van der Waals surface area contributed by atoms with Crippen LogP contribution >= 0.6 is 11.6 Å². The number of hydrogen-bond donors (Lipinski definition) is 1. The van der Waals surface area contributed by atoms with E-state index in [2.05, 4.69) is 26.1 Å². The monoisotopic (exact) mass is 231 g/mol. The third-order valence-corrected chi connectivity index (χ3v) is 3.15. The number of carbonyl (C=O) groups excluding carboxylic acids is 1. The van der Waals surface area contributed by atoms with E-state index in [0.717, 1.165) is 25.7 Å². The van der Waals surface area contributed by atoms with Gasteiger partial charge in [-0.2, -0.15) is 0 Å². The summed E-state index contributed by atoms with van der Waals surface area (Å²) in [6, 6.07) is 0.356. The van der Waals surface area contributed by atoms with Gasteiger partial charge in [-0.15, -0.1) is 11.6 Å². The Bertz CT molecular complexity index is 214. The number of rotatable bonds is 2. The van der Waals surface area contributed by atoms with Crippen molar-refractivity contribution in [2.24, 2.45) is 5.41 Å². The van der Waals surface area contributed by atoms with E-state index in [1.165, 1.54) is 0 Å². The Morgan fingerprint density at radius 3 is 2.27 bits per heavy atom. The van der Waals surface area contributed by atoms with Crippen LogP contribution in [-0.4, -0.2) is 17.3 Å². The van der Waals surface area contributed by atoms with Gasteiger partial charge in [-0.1, -0.05) is 20.8 Å². The van der Waals surface area contributed by atoms with E-state index >= 15 is 0 Å². The summed E-state index contributed by atoms with van der Waals surface area (Å²) in [6.07, 6.45) is 4.73. The van der Waals surface area contributed by atoms with Crippen molar-refractivity contribution in [1.82, 2.24) is 5.32 Å². The first-order chi connectivity index (χ1) is 6.87. The van der Waals surface area contributed by atoms with Crippen LogP contribution in [0.15, 0.2) is 0 Å².